The molecule has 0 saturated carbocycles. The first-order valence-corrected chi connectivity index (χ1v) is 14.7. The van der Waals surface area contributed by atoms with Gasteiger partial charge in [-0.25, -0.2) is 4.79 Å². The predicted octanol–water partition coefficient (Wildman–Crippen LogP) is 2.99. The molecule has 0 aliphatic carbocycles. The van der Waals surface area contributed by atoms with Crippen LogP contribution in [0, 0.1) is 0 Å². The van der Waals surface area contributed by atoms with E-state index in [0.717, 1.165) is 11.1 Å². The average molecular weight is 617 g/mol. The second kappa shape index (κ2) is 14.2. The molecule has 45 heavy (non-hydrogen) atoms. The summed E-state index contributed by atoms with van der Waals surface area (Å²) in [6, 6.07) is 15.6. The molecule has 0 unspecified atom stereocenters. The summed E-state index contributed by atoms with van der Waals surface area (Å²) in [5.74, 6) is 0.306. The van der Waals surface area contributed by atoms with Crippen LogP contribution < -0.4 is 14.8 Å². The summed E-state index contributed by atoms with van der Waals surface area (Å²) in [7, 11) is 4.43. The summed E-state index contributed by atoms with van der Waals surface area (Å²) in [6.07, 6.45) is 1.87. The average Bonchev–Trinajstić information content (AvgIpc) is 3.06. The van der Waals surface area contributed by atoms with Gasteiger partial charge in [0.25, 0.3) is 5.91 Å². The van der Waals surface area contributed by atoms with Crippen molar-refractivity contribution in [3.8, 4) is 17.2 Å². The fourth-order valence-corrected chi connectivity index (χ4v) is 5.33. The van der Waals surface area contributed by atoms with Crippen LogP contribution in [0.25, 0.3) is 0 Å². The van der Waals surface area contributed by atoms with Crippen LogP contribution in [0.15, 0.2) is 60.8 Å². The lowest BCUT2D eigenvalue weighted by Crippen LogP contribution is -2.57. The Kier molecular flexibility index (Phi) is 9.93. The molecular weight excluding hydrogens is 580 g/mol. The normalized spacial score (nSPS) is 19.3. The van der Waals surface area contributed by atoms with E-state index in [1.807, 2.05) is 42.5 Å². The summed E-state index contributed by atoms with van der Waals surface area (Å²) >= 11 is 0. The molecule has 1 fully saturated rings. The number of carbonyl (C=O) groups is 4. The van der Waals surface area contributed by atoms with Crippen molar-refractivity contribution in [3.63, 3.8) is 0 Å². The van der Waals surface area contributed by atoms with Gasteiger partial charge in [-0.1, -0.05) is 18.2 Å². The molecular formula is C33H36N4O8. The lowest BCUT2D eigenvalue weighted by Gasteiger charge is -2.38. The molecule has 2 aromatic carbocycles. The second-order valence-electron chi connectivity index (χ2n) is 11.0. The number of nitrogens with zero attached hydrogens (tertiary/aromatic N) is 3. The Hall–Kier alpha value is -4.97. The van der Waals surface area contributed by atoms with Crippen molar-refractivity contribution >= 4 is 23.7 Å². The largest absolute Gasteiger partial charge is 0.493 e. The van der Waals surface area contributed by atoms with Crippen LogP contribution in [0.4, 0.5) is 0 Å². The number of rotatable bonds is 3. The maximum atomic E-state index is 13.4. The second-order valence-corrected chi connectivity index (χ2v) is 11.0. The van der Waals surface area contributed by atoms with Gasteiger partial charge in [0, 0.05) is 32.8 Å². The van der Waals surface area contributed by atoms with Crippen LogP contribution in [0.2, 0.25) is 0 Å². The van der Waals surface area contributed by atoms with Crippen molar-refractivity contribution in [3.05, 3.63) is 83.2 Å². The smallest absolute Gasteiger partial charge is 0.339 e. The van der Waals surface area contributed by atoms with E-state index in [9.17, 15) is 19.2 Å². The molecule has 236 valence electrons. The number of benzene rings is 2. The van der Waals surface area contributed by atoms with Crippen molar-refractivity contribution in [1.29, 1.82) is 0 Å². The van der Waals surface area contributed by atoms with Crippen LogP contribution in [-0.4, -0.2) is 91.5 Å². The zero-order chi connectivity index (χ0) is 31.9. The number of piperidine rings is 1. The van der Waals surface area contributed by atoms with Gasteiger partial charge in [-0.05, 0) is 60.4 Å². The van der Waals surface area contributed by atoms with E-state index in [4.69, 9.17) is 18.9 Å². The summed E-state index contributed by atoms with van der Waals surface area (Å²) in [5, 5.41) is 3.02. The number of ether oxygens (including phenoxy) is 4. The Morgan fingerprint density at radius 2 is 1.87 bits per heavy atom. The van der Waals surface area contributed by atoms with Crippen molar-refractivity contribution in [2.45, 2.75) is 38.0 Å². The standard InChI is InChI=1S/C33H36N4O8/c1-36-19-30(38)35-25-13-14-37(32(40)26-10-9-23(17-34-26)33(41)43-3)18-29(25)44-20-22-5-4-6-24(15-22)45-27-11-7-21(8-12-31(36)39)16-28(27)42-2/h4-7,9-11,15-17,25,29H,8,12-14,18-20H2,1-3H3,(H,35,38)/t25-,29-/m0/s1. The number of nitrogens with one attached hydrogen (secondary N) is 1. The molecule has 1 aromatic heterocycles. The number of aromatic nitrogens is 1. The van der Waals surface area contributed by atoms with Gasteiger partial charge < -0.3 is 34.1 Å². The van der Waals surface area contributed by atoms with Crippen LogP contribution in [0.3, 0.4) is 0 Å². The molecule has 12 nitrogen and oxygen atoms in total. The SMILES string of the molecule is COC(=O)c1ccc(C(=O)N2CC[C@@H]3NC(=O)CN(C)C(=O)CCc4ccc(c(OC)c4)Oc4cccc(c4)CO[C@H]3C2)nc1. The van der Waals surface area contributed by atoms with Gasteiger partial charge in [0.15, 0.2) is 11.5 Å². The summed E-state index contributed by atoms with van der Waals surface area (Å²) in [4.78, 5) is 58.3. The third-order valence-electron chi connectivity index (χ3n) is 7.85. The quantitative estimate of drug-likeness (QED) is 0.441. The zero-order valence-corrected chi connectivity index (χ0v) is 25.5. The van der Waals surface area contributed by atoms with Gasteiger partial charge >= 0.3 is 5.97 Å². The Bertz CT molecular complexity index is 1560. The van der Waals surface area contributed by atoms with Gasteiger partial charge in [-0.2, -0.15) is 0 Å². The number of pyridine rings is 1. The first-order chi connectivity index (χ1) is 21.7. The minimum atomic E-state index is -0.555. The molecule has 2 atom stereocenters. The number of likely N-dealkylation sites (N-methyl/N-ethyl adjacent to an activating group) is 1. The highest BCUT2D eigenvalue weighted by Gasteiger charge is 2.34. The number of amides is 3. The topological polar surface area (TPSA) is 137 Å². The molecule has 4 heterocycles. The number of hydrogen-bond acceptors (Lipinski definition) is 9. The number of fused-ring (bicyclic) bond motifs is 9. The first-order valence-electron chi connectivity index (χ1n) is 14.7. The number of hydrogen-bond donors (Lipinski definition) is 1. The van der Waals surface area contributed by atoms with E-state index in [1.165, 1.54) is 30.3 Å². The Balaban J connectivity index is 1.38. The van der Waals surface area contributed by atoms with E-state index in [1.54, 1.807) is 19.1 Å². The summed E-state index contributed by atoms with van der Waals surface area (Å²) in [6.45, 7) is 0.621. The number of methoxy groups -OCH3 is 2. The number of aryl methyl sites for hydroxylation is 1. The van der Waals surface area contributed by atoms with E-state index >= 15 is 0 Å². The molecule has 1 saturated heterocycles. The molecule has 0 spiro atoms. The van der Waals surface area contributed by atoms with Gasteiger partial charge in [0.1, 0.15) is 11.4 Å². The molecule has 3 aliphatic rings. The third kappa shape index (κ3) is 7.76. The first kappa shape index (κ1) is 31.5. The molecule has 1 N–H and O–H groups in total. The van der Waals surface area contributed by atoms with Crippen molar-refractivity contribution in [2.75, 3.05) is 40.9 Å². The number of likely N-dealkylation sites (tertiary alicyclic amines) is 1. The Morgan fingerprint density at radius 1 is 1.02 bits per heavy atom. The van der Waals surface area contributed by atoms with Crippen molar-refractivity contribution in [2.24, 2.45) is 0 Å². The fourth-order valence-electron chi connectivity index (χ4n) is 5.33. The van der Waals surface area contributed by atoms with Gasteiger partial charge in [0.2, 0.25) is 11.8 Å². The molecule has 12 heteroatoms. The van der Waals surface area contributed by atoms with Crippen molar-refractivity contribution < 1.29 is 38.1 Å². The number of carbonyl (C=O) groups excluding carboxylic acids is 4. The Labute approximate surface area is 261 Å². The highest BCUT2D eigenvalue weighted by atomic mass is 16.5. The minimum Gasteiger partial charge on any atom is -0.493 e. The van der Waals surface area contributed by atoms with Crippen LogP contribution in [0.5, 0.6) is 17.2 Å². The predicted molar refractivity (Wildman–Crippen MR) is 162 cm³/mol. The van der Waals surface area contributed by atoms with Crippen LogP contribution >= 0.6 is 0 Å². The molecule has 3 amide bonds. The minimum absolute atomic E-state index is 0.112. The molecule has 4 bridgehead atoms. The highest BCUT2D eigenvalue weighted by molar-refractivity contribution is 5.94. The highest BCUT2D eigenvalue weighted by Crippen LogP contribution is 2.33. The molecule has 0 radical (unpaired) electrons. The van der Waals surface area contributed by atoms with Crippen LogP contribution in [0.1, 0.15) is 44.8 Å². The van der Waals surface area contributed by atoms with Gasteiger partial charge in [0.05, 0.1) is 45.1 Å². The van der Waals surface area contributed by atoms with E-state index < -0.39 is 18.1 Å². The van der Waals surface area contributed by atoms with E-state index in [-0.39, 0.29) is 55.1 Å². The number of esters is 1. The van der Waals surface area contributed by atoms with Crippen molar-refractivity contribution in [1.82, 2.24) is 20.1 Å². The summed E-state index contributed by atoms with van der Waals surface area (Å²) in [5.41, 5.74) is 2.15. The lowest BCUT2D eigenvalue weighted by molar-refractivity contribution is -0.135. The monoisotopic (exact) mass is 616 g/mol. The molecule has 3 aromatic rings. The van der Waals surface area contributed by atoms with E-state index in [2.05, 4.69) is 10.3 Å². The van der Waals surface area contributed by atoms with Crippen LogP contribution in [-0.2, 0) is 32.1 Å². The Morgan fingerprint density at radius 3 is 2.62 bits per heavy atom. The maximum Gasteiger partial charge on any atom is 0.339 e. The third-order valence-corrected chi connectivity index (χ3v) is 7.85. The summed E-state index contributed by atoms with van der Waals surface area (Å²) < 4.78 is 22.8. The van der Waals surface area contributed by atoms with Gasteiger partial charge in [-0.3, -0.25) is 19.4 Å². The van der Waals surface area contributed by atoms with Gasteiger partial charge in [-0.15, -0.1) is 0 Å². The molecule has 3 aliphatic heterocycles. The maximum absolute atomic E-state index is 13.4. The zero-order valence-electron chi connectivity index (χ0n) is 25.5. The van der Waals surface area contributed by atoms with E-state index in [0.29, 0.717) is 36.6 Å². The molecule has 6 rings (SSSR count). The lowest BCUT2D eigenvalue weighted by atomic mass is 10.0. The fraction of sp³-hybridized carbons (Fsp3) is 0.364.